The van der Waals surface area contributed by atoms with Gasteiger partial charge in [-0.1, -0.05) is 34.1 Å². The maximum absolute atomic E-state index is 12.1. The monoisotopic (exact) mass is 332 g/mol. The van der Waals surface area contributed by atoms with Gasteiger partial charge in [0.15, 0.2) is 0 Å². The predicted octanol–water partition coefficient (Wildman–Crippen LogP) is 3.38. The van der Waals surface area contributed by atoms with Crippen molar-refractivity contribution in [3.8, 4) is 0 Å². The molecule has 0 spiro atoms. The number of halogens is 4. The highest BCUT2D eigenvalue weighted by molar-refractivity contribution is 9.10. The smallest absolute Gasteiger partial charge is 0.255 e. The lowest BCUT2D eigenvalue weighted by molar-refractivity contribution is -0.0569. The molecule has 0 saturated heterocycles. The summed E-state index contributed by atoms with van der Waals surface area (Å²) in [5.74, 6) is 0. The molecule has 0 fully saturated rings. The molecular formula is C9H8BrF3O3S. The van der Waals surface area contributed by atoms with E-state index >= 15 is 0 Å². The minimum Gasteiger partial charge on any atom is -0.255 e. The highest BCUT2D eigenvalue weighted by Crippen LogP contribution is 2.32. The summed E-state index contributed by atoms with van der Waals surface area (Å²) in [7, 11) is -5.58. The molecule has 0 aromatic heterocycles. The molecule has 17 heavy (non-hydrogen) atoms. The van der Waals surface area contributed by atoms with E-state index in [2.05, 4.69) is 20.1 Å². The Labute approximate surface area is 105 Å². The predicted molar refractivity (Wildman–Crippen MR) is 58.6 cm³/mol. The molecule has 0 aliphatic heterocycles. The normalized spacial score (nSPS) is 14.6. The van der Waals surface area contributed by atoms with Crippen molar-refractivity contribution in [3.05, 3.63) is 34.3 Å². The third-order valence-electron chi connectivity index (χ3n) is 1.90. The first-order valence-corrected chi connectivity index (χ1v) is 6.59. The summed E-state index contributed by atoms with van der Waals surface area (Å²) in [5, 5.41) is 0. The van der Waals surface area contributed by atoms with Crippen LogP contribution in [0.15, 0.2) is 28.7 Å². The topological polar surface area (TPSA) is 43.4 Å². The van der Waals surface area contributed by atoms with Crippen molar-refractivity contribution in [1.29, 1.82) is 0 Å². The van der Waals surface area contributed by atoms with Crippen molar-refractivity contribution in [2.75, 3.05) is 0 Å². The molecule has 1 unspecified atom stereocenters. The average Bonchev–Trinajstić information content (AvgIpc) is 2.15. The van der Waals surface area contributed by atoms with E-state index in [1.165, 1.54) is 13.0 Å². The average molecular weight is 333 g/mol. The minimum atomic E-state index is -5.58. The molecule has 0 aliphatic carbocycles. The van der Waals surface area contributed by atoms with E-state index in [0.29, 0.717) is 10.0 Å². The molecule has 3 nitrogen and oxygen atoms in total. The van der Waals surface area contributed by atoms with Crippen molar-refractivity contribution < 1.29 is 25.8 Å². The molecule has 1 aromatic rings. The third kappa shape index (κ3) is 3.43. The standard InChI is InChI=1S/C9H8BrF3O3S/c1-6(7-4-2-3-5-8(7)10)16-17(14,15)9(11,12)13/h2-6H,1H3. The van der Waals surface area contributed by atoms with E-state index in [-0.39, 0.29) is 0 Å². The molecule has 1 rings (SSSR count). The van der Waals surface area contributed by atoms with E-state index in [1.807, 2.05) is 0 Å². The molecular weight excluding hydrogens is 325 g/mol. The van der Waals surface area contributed by atoms with Crippen LogP contribution in [0.4, 0.5) is 13.2 Å². The fourth-order valence-corrected chi connectivity index (χ4v) is 2.30. The number of benzene rings is 1. The second-order valence-electron chi connectivity index (χ2n) is 3.16. The van der Waals surface area contributed by atoms with Crippen LogP contribution in [0.2, 0.25) is 0 Å². The maximum Gasteiger partial charge on any atom is 0.523 e. The Morgan fingerprint density at radius 2 is 1.82 bits per heavy atom. The first-order valence-electron chi connectivity index (χ1n) is 4.39. The minimum absolute atomic E-state index is 0.320. The van der Waals surface area contributed by atoms with Gasteiger partial charge in [-0.25, -0.2) is 0 Å². The molecule has 0 saturated carbocycles. The largest absolute Gasteiger partial charge is 0.523 e. The van der Waals surface area contributed by atoms with Crippen molar-refractivity contribution in [1.82, 2.24) is 0 Å². The summed E-state index contributed by atoms with van der Waals surface area (Å²) >= 11 is 3.10. The van der Waals surface area contributed by atoms with E-state index in [9.17, 15) is 21.6 Å². The highest BCUT2D eigenvalue weighted by Gasteiger charge is 2.48. The lowest BCUT2D eigenvalue weighted by atomic mass is 10.1. The zero-order valence-corrected chi connectivity index (χ0v) is 10.9. The lowest BCUT2D eigenvalue weighted by Crippen LogP contribution is -2.26. The Bertz CT molecular complexity index is 498. The van der Waals surface area contributed by atoms with Gasteiger partial charge in [0.25, 0.3) is 0 Å². The Hall–Kier alpha value is -0.600. The van der Waals surface area contributed by atoms with Crippen LogP contribution in [0.3, 0.4) is 0 Å². The number of hydrogen-bond donors (Lipinski definition) is 0. The summed E-state index contributed by atoms with van der Waals surface area (Å²) in [4.78, 5) is 0. The number of alkyl halides is 3. The maximum atomic E-state index is 12.1. The second kappa shape index (κ2) is 4.95. The van der Waals surface area contributed by atoms with E-state index in [0.717, 1.165) is 0 Å². The van der Waals surface area contributed by atoms with Gasteiger partial charge in [-0.15, -0.1) is 0 Å². The third-order valence-corrected chi connectivity index (χ3v) is 3.73. The van der Waals surface area contributed by atoms with Crippen LogP contribution in [0.25, 0.3) is 0 Å². The molecule has 0 radical (unpaired) electrons. The first kappa shape index (κ1) is 14.5. The molecule has 0 N–H and O–H groups in total. The van der Waals surface area contributed by atoms with Crippen LogP contribution in [-0.2, 0) is 14.3 Å². The summed E-state index contributed by atoms with van der Waals surface area (Å²) in [6.07, 6.45) is -1.22. The Morgan fingerprint density at radius 1 is 1.29 bits per heavy atom. The van der Waals surface area contributed by atoms with Gasteiger partial charge in [0.1, 0.15) is 6.10 Å². The van der Waals surface area contributed by atoms with Crippen molar-refractivity contribution >= 4 is 26.0 Å². The number of rotatable bonds is 3. The Kier molecular flexibility index (Phi) is 4.21. The summed E-state index contributed by atoms with van der Waals surface area (Å²) in [5.41, 5.74) is -5.09. The molecule has 0 bridgehead atoms. The highest BCUT2D eigenvalue weighted by atomic mass is 79.9. The van der Waals surface area contributed by atoms with Crippen LogP contribution in [0, 0.1) is 0 Å². The van der Waals surface area contributed by atoms with Gasteiger partial charge in [0.2, 0.25) is 0 Å². The summed E-state index contributed by atoms with van der Waals surface area (Å²) in [6, 6.07) is 6.27. The second-order valence-corrected chi connectivity index (χ2v) is 5.58. The van der Waals surface area contributed by atoms with Gasteiger partial charge in [-0.05, 0) is 18.6 Å². The van der Waals surface area contributed by atoms with Gasteiger partial charge >= 0.3 is 15.6 Å². The van der Waals surface area contributed by atoms with Crippen molar-refractivity contribution in [2.45, 2.75) is 18.5 Å². The number of hydrogen-bond acceptors (Lipinski definition) is 3. The zero-order chi connectivity index (χ0) is 13.3. The van der Waals surface area contributed by atoms with E-state index in [1.54, 1.807) is 18.2 Å². The van der Waals surface area contributed by atoms with Gasteiger partial charge in [0.05, 0.1) is 0 Å². The lowest BCUT2D eigenvalue weighted by Gasteiger charge is -2.15. The van der Waals surface area contributed by atoms with Gasteiger partial charge in [0, 0.05) is 4.47 Å². The summed E-state index contributed by atoms with van der Waals surface area (Å²) in [6.45, 7) is 1.23. The Morgan fingerprint density at radius 3 is 2.29 bits per heavy atom. The van der Waals surface area contributed by atoms with Crippen LogP contribution in [0.5, 0.6) is 0 Å². The SMILES string of the molecule is CC(OS(=O)(=O)C(F)(F)F)c1ccccc1Br. The van der Waals surface area contributed by atoms with Crippen LogP contribution in [0.1, 0.15) is 18.6 Å². The fraction of sp³-hybridized carbons (Fsp3) is 0.333. The fourth-order valence-electron chi connectivity index (χ4n) is 1.10. The van der Waals surface area contributed by atoms with E-state index in [4.69, 9.17) is 0 Å². The molecule has 96 valence electrons. The van der Waals surface area contributed by atoms with Crippen LogP contribution in [-0.4, -0.2) is 13.9 Å². The summed E-state index contributed by atoms with van der Waals surface area (Å²) < 4.78 is 62.4. The first-order chi connectivity index (χ1) is 7.65. The zero-order valence-electron chi connectivity index (χ0n) is 8.53. The quantitative estimate of drug-likeness (QED) is 0.629. The molecule has 0 heterocycles. The van der Waals surface area contributed by atoms with Gasteiger partial charge in [-0.3, -0.25) is 4.18 Å². The van der Waals surface area contributed by atoms with Crippen molar-refractivity contribution in [2.24, 2.45) is 0 Å². The molecule has 0 amide bonds. The van der Waals surface area contributed by atoms with Crippen LogP contribution >= 0.6 is 15.9 Å². The molecule has 0 aliphatic rings. The van der Waals surface area contributed by atoms with E-state index < -0.39 is 21.7 Å². The van der Waals surface area contributed by atoms with Gasteiger partial charge in [-0.2, -0.15) is 21.6 Å². The van der Waals surface area contributed by atoms with Crippen LogP contribution < -0.4 is 0 Å². The molecule has 1 aromatic carbocycles. The molecule has 1 atom stereocenters. The Balaban J connectivity index is 2.96. The van der Waals surface area contributed by atoms with Gasteiger partial charge < -0.3 is 0 Å². The van der Waals surface area contributed by atoms with Crippen molar-refractivity contribution in [3.63, 3.8) is 0 Å². The molecule has 8 heteroatoms.